The number of thiophene rings is 1. The van der Waals surface area contributed by atoms with E-state index in [1.54, 1.807) is 17.4 Å². The fourth-order valence-electron chi connectivity index (χ4n) is 3.94. The Morgan fingerprint density at radius 2 is 1.87 bits per heavy atom. The number of rotatable bonds is 10. The smallest absolute Gasteiger partial charge is 0.234 e. The van der Waals surface area contributed by atoms with Crippen LogP contribution in [0, 0.1) is 13.8 Å². The number of aromatic nitrogens is 1. The van der Waals surface area contributed by atoms with Crippen molar-refractivity contribution in [3.8, 4) is 0 Å². The first-order valence-corrected chi connectivity index (χ1v) is 11.4. The van der Waals surface area contributed by atoms with Crippen molar-refractivity contribution in [2.45, 2.75) is 26.8 Å². The Morgan fingerprint density at radius 1 is 1.17 bits per heavy atom. The molecule has 1 N–H and O–H groups in total. The predicted octanol–water partition coefficient (Wildman–Crippen LogP) is 2.51. The first-order valence-electron chi connectivity index (χ1n) is 10.5. The van der Waals surface area contributed by atoms with Gasteiger partial charge in [0.25, 0.3) is 0 Å². The van der Waals surface area contributed by atoms with Crippen LogP contribution in [0.1, 0.15) is 26.6 Å². The number of amides is 1. The van der Waals surface area contributed by atoms with Gasteiger partial charge in [-0.3, -0.25) is 19.4 Å². The fourth-order valence-corrected chi connectivity index (χ4v) is 4.64. The lowest BCUT2D eigenvalue weighted by atomic mass is 10.1. The molecule has 162 valence electrons. The average molecular weight is 429 g/mol. The van der Waals surface area contributed by atoms with Gasteiger partial charge in [0.05, 0.1) is 13.1 Å². The molecule has 0 spiro atoms. The zero-order valence-corrected chi connectivity index (χ0v) is 18.8. The van der Waals surface area contributed by atoms with Crippen molar-refractivity contribution in [2.24, 2.45) is 0 Å². The quantitative estimate of drug-likeness (QED) is 0.467. The van der Waals surface area contributed by atoms with Crippen LogP contribution in [0.2, 0.25) is 0 Å². The van der Waals surface area contributed by atoms with E-state index in [2.05, 4.69) is 57.6 Å². The number of nitrogens with zero attached hydrogens (tertiary/aromatic N) is 3. The van der Waals surface area contributed by atoms with Crippen molar-refractivity contribution in [3.63, 3.8) is 0 Å². The van der Waals surface area contributed by atoms with E-state index in [0.717, 1.165) is 56.1 Å². The molecule has 0 aromatic carbocycles. The predicted molar refractivity (Wildman–Crippen MR) is 122 cm³/mol. The van der Waals surface area contributed by atoms with Crippen LogP contribution >= 0.6 is 11.3 Å². The van der Waals surface area contributed by atoms with Crippen LogP contribution in [-0.2, 0) is 17.8 Å². The number of hydrogen-bond donors (Lipinski definition) is 1. The summed E-state index contributed by atoms with van der Waals surface area (Å²) in [5.41, 5.74) is 3.04. The van der Waals surface area contributed by atoms with Crippen LogP contribution in [0.3, 0.4) is 0 Å². The summed E-state index contributed by atoms with van der Waals surface area (Å²) in [7, 11) is 0. The Hall–Kier alpha value is -2.22. The first kappa shape index (κ1) is 22.5. The minimum Gasteiger partial charge on any atom is -0.352 e. The summed E-state index contributed by atoms with van der Waals surface area (Å²) in [4.78, 5) is 30.5. The summed E-state index contributed by atoms with van der Waals surface area (Å²) in [5.74, 6) is 0.206. The highest BCUT2D eigenvalue weighted by molar-refractivity contribution is 7.09. The van der Waals surface area contributed by atoms with E-state index in [0.29, 0.717) is 19.6 Å². The monoisotopic (exact) mass is 428 g/mol. The van der Waals surface area contributed by atoms with Crippen molar-refractivity contribution in [3.05, 3.63) is 58.1 Å². The van der Waals surface area contributed by atoms with Gasteiger partial charge in [-0.05, 0) is 37.8 Å². The third kappa shape index (κ3) is 5.90. The number of Topliss-reactive ketones (excluding diaryl/α,β-unsaturated/α-hetero) is 1. The molecule has 2 aromatic rings. The Kier molecular flexibility index (Phi) is 8.01. The van der Waals surface area contributed by atoms with Crippen LogP contribution in [0.25, 0.3) is 0 Å². The lowest BCUT2D eigenvalue weighted by Gasteiger charge is -2.33. The van der Waals surface area contributed by atoms with Crippen molar-refractivity contribution in [1.82, 2.24) is 19.7 Å². The van der Waals surface area contributed by atoms with Gasteiger partial charge in [0.2, 0.25) is 5.91 Å². The standard InChI is InChI=1S/C23H32N4O2S/c1-4-8-24-23(29)17-26-12-10-25(11-13-26)16-22(28)21-15-18(2)27(19(21)3)9-7-20-6-5-14-30-20/h4-6,14-15H,1,7-13,16-17H2,2-3H3,(H,24,29). The van der Waals surface area contributed by atoms with Gasteiger partial charge in [0.15, 0.2) is 5.78 Å². The summed E-state index contributed by atoms with van der Waals surface area (Å²) in [6.07, 6.45) is 2.67. The van der Waals surface area contributed by atoms with Gasteiger partial charge in [-0.25, -0.2) is 0 Å². The van der Waals surface area contributed by atoms with Crippen LogP contribution < -0.4 is 5.32 Å². The molecule has 1 aliphatic rings. The lowest BCUT2D eigenvalue weighted by Crippen LogP contribution is -2.50. The van der Waals surface area contributed by atoms with Crippen LogP contribution in [0.15, 0.2) is 36.2 Å². The third-order valence-electron chi connectivity index (χ3n) is 5.68. The maximum absolute atomic E-state index is 13.0. The minimum atomic E-state index is 0.0226. The molecule has 1 fully saturated rings. The van der Waals surface area contributed by atoms with E-state index in [1.807, 2.05) is 6.07 Å². The largest absolute Gasteiger partial charge is 0.352 e. The number of carbonyl (C=O) groups is 2. The normalized spacial score (nSPS) is 15.3. The molecule has 3 heterocycles. The molecular weight excluding hydrogens is 396 g/mol. The highest BCUT2D eigenvalue weighted by Crippen LogP contribution is 2.19. The Bertz CT molecular complexity index is 864. The minimum absolute atomic E-state index is 0.0226. The molecule has 3 rings (SSSR count). The molecule has 2 aromatic heterocycles. The van der Waals surface area contributed by atoms with Crippen LogP contribution in [0.5, 0.6) is 0 Å². The topological polar surface area (TPSA) is 57.6 Å². The molecule has 0 saturated carbocycles. The number of ketones is 1. The lowest BCUT2D eigenvalue weighted by molar-refractivity contribution is -0.122. The van der Waals surface area contributed by atoms with Gasteiger partial charge >= 0.3 is 0 Å². The Labute approximate surface area is 183 Å². The second kappa shape index (κ2) is 10.7. The molecule has 30 heavy (non-hydrogen) atoms. The average Bonchev–Trinajstić information content (AvgIpc) is 3.34. The first-order chi connectivity index (χ1) is 14.5. The number of carbonyl (C=O) groups excluding carboxylic acids is 2. The highest BCUT2D eigenvalue weighted by atomic mass is 32.1. The molecule has 1 aliphatic heterocycles. The van der Waals surface area contributed by atoms with Gasteiger partial charge in [0, 0.05) is 61.1 Å². The maximum atomic E-state index is 13.0. The molecule has 0 bridgehead atoms. The molecule has 0 radical (unpaired) electrons. The SMILES string of the molecule is C=CCNC(=O)CN1CCN(CC(=O)c2cc(C)n(CCc3cccs3)c2C)CC1. The van der Waals surface area contributed by atoms with Crippen LogP contribution in [0.4, 0.5) is 0 Å². The van der Waals surface area contributed by atoms with E-state index < -0.39 is 0 Å². The molecule has 0 aliphatic carbocycles. The number of piperazine rings is 1. The second-order valence-corrected chi connectivity index (χ2v) is 8.87. The molecule has 1 saturated heterocycles. The molecule has 7 heteroatoms. The molecule has 6 nitrogen and oxygen atoms in total. The highest BCUT2D eigenvalue weighted by Gasteiger charge is 2.23. The van der Waals surface area contributed by atoms with Crippen molar-refractivity contribution >= 4 is 23.0 Å². The summed E-state index contributed by atoms with van der Waals surface area (Å²) in [5, 5.41) is 4.91. The summed E-state index contributed by atoms with van der Waals surface area (Å²) >= 11 is 1.78. The summed E-state index contributed by atoms with van der Waals surface area (Å²) in [6, 6.07) is 6.28. The van der Waals surface area contributed by atoms with E-state index >= 15 is 0 Å². The molecule has 1 amide bonds. The maximum Gasteiger partial charge on any atom is 0.234 e. The molecule has 0 atom stereocenters. The van der Waals surface area contributed by atoms with Crippen LogP contribution in [-0.4, -0.2) is 71.9 Å². The van der Waals surface area contributed by atoms with Crippen molar-refractivity contribution in [2.75, 3.05) is 45.8 Å². The van der Waals surface area contributed by atoms with Crippen molar-refractivity contribution < 1.29 is 9.59 Å². The zero-order chi connectivity index (χ0) is 21.5. The van der Waals surface area contributed by atoms with E-state index in [4.69, 9.17) is 0 Å². The summed E-state index contributed by atoms with van der Waals surface area (Å²) in [6.45, 7) is 13.2. The van der Waals surface area contributed by atoms with Gasteiger partial charge in [-0.1, -0.05) is 12.1 Å². The van der Waals surface area contributed by atoms with Gasteiger partial charge in [-0.2, -0.15) is 0 Å². The third-order valence-corrected chi connectivity index (χ3v) is 6.62. The van der Waals surface area contributed by atoms with Gasteiger partial charge < -0.3 is 9.88 Å². The number of aryl methyl sites for hydroxylation is 2. The Balaban J connectivity index is 1.50. The second-order valence-electron chi connectivity index (χ2n) is 7.83. The van der Waals surface area contributed by atoms with E-state index in [1.165, 1.54) is 4.88 Å². The fraction of sp³-hybridized carbons (Fsp3) is 0.478. The molecular formula is C23H32N4O2S. The van der Waals surface area contributed by atoms with E-state index in [9.17, 15) is 9.59 Å². The summed E-state index contributed by atoms with van der Waals surface area (Å²) < 4.78 is 2.26. The van der Waals surface area contributed by atoms with Gasteiger partial charge in [-0.15, -0.1) is 17.9 Å². The molecule has 0 unspecified atom stereocenters. The van der Waals surface area contributed by atoms with Gasteiger partial charge in [0.1, 0.15) is 0 Å². The Morgan fingerprint density at radius 3 is 2.50 bits per heavy atom. The van der Waals surface area contributed by atoms with Crippen molar-refractivity contribution in [1.29, 1.82) is 0 Å². The number of nitrogens with one attached hydrogen (secondary N) is 1. The van der Waals surface area contributed by atoms with E-state index in [-0.39, 0.29) is 11.7 Å². The number of hydrogen-bond acceptors (Lipinski definition) is 5. The zero-order valence-electron chi connectivity index (χ0n) is 18.0.